The molecule has 0 saturated carbocycles. The van der Waals surface area contributed by atoms with Crippen molar-refractivity contribution >= 4 is 38.5 Å². The number of hydrogen-bond acceptors (Lipinski definition) is 7. The Balaban J connectivity index is 1.34. The number of rotatable bonds is 15. The van der Waals surface area contributed by atoms with Crippen LogP contribution in [0.15, 0.2) is 103 Å². The number of nitrogens with one attached hydrogen (secondary N) is 1. The van der Waals surface area contributed by atoms with E-state index in [2.05, 4.69) is 52.3 Å². The van der Waals surface area contributed by atoms with Crippen molar-refractivity contribution in [3.05, 3.63) is 136 Å². The molecule has 4 aromatic carbocycles. The highest BCUT2D eigenvalue weighted by Crippen LogP contribution is 2.38. The third kappa shape index (κ3) is 8.87. The first-order valence-electron chi connectivity index (χ1n) is 17.7. The van der Waals surface area contributed by atoms with Gasteiger partial charge in [-0.2, -0.15) is 0 Å². The number of hydrogen-bond donors (Lipinski definition) is 1. The normalized spacial score (nSPS) is 16.7. The van der Waals surface area contributed by atoms with Crippen molar-refractivity contribution in [1.82, 2.24) is 14.2 Å². The molecule has 9 nitrogen and oxygen atoms in total. The topological polar surface area (TPSA) is 99.1 Å². The average molecular weight is 744 g/mol. The van der Waals surface area contributed by atoms with Gasteiger partial charge in [-0.1, -0.05) is 72.3 Å². The Labute approximate surface area is 311 Å². The molecule has 1 aromatic heterocycles. The quantitative estimate of drug-likeness (QED) is 0.116. The number of nitrogens with zero attached hydrogens (tertiary/aromatic N) is 2. The van der Waals surface area contributed by atoms with E-state index in [9.17, 15) is 13.2 Å². The van der Waals surface area contributed by atoms with Gasteiger partial charge in [0.05, 0.1) is 44.3 Å². The fourth-order valence-electron chi connectivity index (χ4n) is 7.19. The Morgan fingerprint density at radius 2 is 1.54 bits per heavy atom. The molecule has 2 atom stereocenters. The summed E-state index contributed by atoms with van der Waals surface area (Å²) in [4.78, 5) is 14.1. The van der Waals surface area contributed by atoms with Crippen molar-refractivity contribution in [3.8, 4) is 5.75 Å². The maximum Gasteiger partial charge on any atom is 0.337 e. The number of halogens is 1. The molecule has 52 heavy (non-hydrogen) atoms. The minimum Gasteiger partial charge on any atom is -0.493 e. The molecule has 0 amide bonds. The van der Waals surface area contributed by atoms with E-state index in [0.717, 1.165) is 33.3 Å². The monoisotopic (exact) mass is 743 g/mol. The first kappa shape index (κ1) is 37.6. The second kappa shape index (κ2) is 17.1. The molecule has 0 spiro atoms. The number of aromatic nitrogens is 1. The summed E-state index contributed by atoms with van der Waals surface area (Å²) in [5.41, 5.74) is 5.68. The summed E-state index contributed by atoms with van der Waals surface area (Å²) in [7, 11) is -2.22. The lowest BCUT2D eigenvalue weighted by Gasteiger charge is -2.38. The number of carbonyl (C=O) groups is 1. The van der Waals surface area contributed by atoms with Crippen LogP contribution in [-0.2, 0) is 32.3 Å². The molecule has 1 aliphatic heterocycles. The third-order valence-electron chi connectivity index (χ3n) is 9.72. The predicted molar refractivity (Wildman–Crippen MR) is 206 cm³/mol. The van der Waals surface area contributed by atoms with E-state index in [4.69, 9.17) is 25.8 Å². The summed E-state index contributed by atoms with van der Waals surface area (Å²) in [6, 6.07) is 33.6. The zero-order valence-electron chi connectivity index (χ0n) is 29.8. The van der Waals surface area contributed by atoms with Gasteiger partial charge in [-0.25, -0.2) is 17.9 Å². The van der Waals surface area contributed by atoms with Crippen LogP contribution in [-0.4, -0.2) is 81.7 Å². The van der Waals surface area contributed by atoms with Gasteiger partial charge in [-0.3, -0.25) is 4.90 Å². The van der Waals surface area contributed by atoms with Crippen molar-refractivity contribution < 1.29 is 27.4 Å². The minimum absolute atomic E-state index is 0.00635. The van der Waals surface area contributed by atoms with Crippen molar-refractivity contribution in [2.75, 3.05) is 45.8 Å². The number of sulfonamides is 1. The van der Waals surface area contributed by atoms with E-state index in [1.165, 1.54) is 7.11 Å². The molecule has 1 fully saturated rings. The number of ether oxygens (including phenoxy) is 3. The lowest BCUT2D eigenvalue weighted by Crippen LogP contribution is -2.51. The van der Waals surface area contributed by atoms with E-state index in [0.29, 0.717) is 55.5 Å². The molecule has 5 aromatic rings. The summed E-state index contributed by atoms with van der Waals surface area (Å²) in [5.74, 6) is 0.221. The van der Waals surface area contributed by atoms with Crippen molar-refractivity contribution in [3.63, 3.8) is 0 Å². The largest absolute Gasteiger partial charge is 0.493 e. The summed E-state index contributed by atoms with van der Waals surface area (Å²) in [5, 5.41) is 1.60. The van der Waals surface area contributed by atoms with E-state index in [-0.39, 0.29) is 30.4 Å². The van der Waals surface area contributed by atoms with Crippen LogP contribution in [0.2, 0.25) is 5.02 Å². The molecule has 6 rings (SSSR count). The van der Waals surface area contributed by atoms with Crippen LogP contribution < -0.4 is 9.46 Å². The number of benzene rings is 4. The van der Waals surface area contributed by atoms with E-state index < -0.39 is 16.0 Å². The number of morpholine rings is 1. The Hall–Kier alpha value is -4.19. The summed E-state index contributed by atoms with van der Waals surface area (Å²) in [6.07, 6.45) is 0.975. The number of fused-ring (bicyclic) bond motifs is 1. The van der Waals surface area contributed by atoms with Crippen LogP contribution >= 0.6 is 11.6 Å². The molecule has 0 bridgehead atoms. The third-order valence-corrected chi connectivity index (χ3v) is 11.3. The molecule has 1 N–H and O–H groups in total. The van der Waals surface area contributed by atoms with E-state index >= 15 is 0 Å². The Kier molecular flexibility index (Phi) is 12.3. The molecule has 1 aliphatic rings. The Morgan fingerprint density at radius 1 is 0.904 bits per heavy atom. The van der Waals surface area contributed by atoms with Gasteiger partial charge in [-0.15, -0.1) is 0 Å². The lowest BCUT2D eigenvalue weighted by molar-refractivity contribution is -0.0334. The van der Waals surface area contributed by atoms with Crippen molar-refractivity contribution in [1.29, 1.82) is 0 Å². The molecule has 274 valence electrons. The highest BCUT2D eigenvalue weighted by molar-refractivity contribution is 7.89. The summed E-state index contributed by atoms with van der Waals surface area (Å²) >= 11 is 6.65. The molecular formula is C41H46ClN3O6S. The average Bonchev–Trinajstić information content (AvgIpc) is 3.43. The zero-order valence-corrected chi connectivity index (χ0v) is 31.4. The minimum atomic E-state index is -3.57. The van der Waals surface area contributed by atoms with Crippen LogP contribution in [0.25, 0.3) is 10.9 Å². The molecule has 11 heteroatoms. The van der Waals surface area contributed by atoms with Crippen molar-refractivity contribution in [2.24, 2.45) is 0 Å². The second-order valence-corrected chi connectivity index (χ2v) is 15.6. The first-order chi connectivity index (χ1) is 25.1. The SMILES string of the molecule is COC(=O)c1ccc(OCCc2c(CCNS(=O)(=O)CCN3[C@H](C)COC[C@@H]3C)n(C(c3ccccc3)c3ccccc3)c3ccc(Cl)cc23)cc1. The zero-order chi connectivity index (χ0) is 36.7. The summed E-state index contributed by atoms with van der Waals surface area (Å²) < 4.78 is 48.7. The van der Waals surface area contributed by atoms with Crippen LogP contribution in [0, 0.1) is 0 Å². The number of carbonyl (C=O) groups excluding carboxylic acids is 1. The number of methoxy groups -OCH3 is 1. The van der Waals surface area contributed by atoms with Gasteiger partial charge in [0.15, 0.2) is 0 Å². The van der Waals surface area contributed by atoms with Gasteiger partial charge >= 0.3 is 5.97 Å². The van der Waals surface area contributed by atoms with Gasteiger partial charge in [-0.05, 0) is 73.0 Å². The lowest BCUT2D eigenvalue weighted by atomic mass is 9.97. The Bertz CT molecular complexity index is 2010. The number of esters is 1. The van der Waals surface area contributed by atoms with Crippen LogP contribution in [0.3, 0.4) is 0 Å². The fourth-order valence-corrected chi connectivity index (χ4v) is 8.37. The molecule has 0 unspecified atom stereocenters. The fraction of sp³-hybridized carbons (Fsp3) is 0.341. The standard InChI is InChI=1S/C41H46ClN3O6S/c1-29-27-50-28-30(2)44(29)23-25-52(47,48)43-22-20-39-36(21-24-51-35-17-14-33(15-18-35)41(46)49-3)37-26-34(42)16-19-38(37)45(39)40(31-10-6-4-7-11-31)32-12-8-5-9-13-32/h4-19,26,29-30,40,43H,20-25,27-28H2,1-3H3/t29-,30+. The summed E-state index contributed by atoms with van der Waals surface area (Å²) in [6.45, 7) is 6.34. The van der Waals surface area contributed by atoms with E-state index in [1.807, 2.05) is 54.6 Å². The molecule has 0 radical (unpaired) electrons. The maximum absolute atomic E-state index is 13.4. The van der Waals surface area contributed by atoms with E-state index in [1.54, 1.807) is 24.3 Å². The maximum atomic E-state index is 13.4. The first-order valence-corrected chi connectivity index (χ1v) is 19.7. The smallest absolute Gasteiger partial charge is 0.337 e. The van der Waals surface area contributed by atoms with Crippen LogP contribution in [0.5, 0.6) is 5.75 Å². The molecule has 1 saturated heterocycles. The molecule has 0 aliphatic carbocycles. The Morgan fingerprint density at radius 3 is 2.15 bits per heavy atom. The van der Waals surface area contributed by atoms with Crippen LogP contribution in [0.1, 0.15) is 52.6 Å². The van der Waals surface area contributed by atoms with Gasteiger partial charge in [0.1, 0.15) is 5.75 Å². The predicted octanol–water partition coefficient (Wildman–Crippen LogP) is 6.91. The second-order valence-electron chi connectivity index (χ2n) is 13.2. The van der Waals surface area contributed by atoms with Crippen LogP contribution in [0.4, 0.5) is 0 Å². The van der Waals surface area contributed by atoms with Gasteiger partial charge in [0, 0.05) is 59.6 Å². The molecular weight excluding hydrogens is 698 g/mol. The highest BCUT2D eigenvalue weighted by atomic mass is 35.5. The van der Waals surface area contributed by atoms with Crippen molar-refractivity contribution in [2.45, 2.75) is 44.8 Å². The van der Waals surface area contributed by atoms with Gasteiger partial charge in [0.25, 0.3) is 0 Å². The van der Waals surface area contributed by atoms with Gasteiger partial charge < -0.3 is 18.8 Å². The highest BCUT2D eigenvalue weighted by Gasteiger charge is 2.28. The van der Waals surface area contributed by atoms with Gasteiger partial charge in [0.2, 0.25) is 10.0 Å². The molecule has 2 heterocycles.